The van der Waals surface area contributed by atoms with E-state index < -0.39 is 11.4 Å². The molecule has 19 heavy (non-hydrogen) atoms. The lowest BCUT2D eigenvalue weighted by Crippen LogP contribution is -2.44. The van der Waals surface area contributed by atoms with Gasteiger partial charge in [-0.1, -0.05) is 19.8 Å². The van der Waals surface area contributed by atoms with Crippen LogP contribution in [0.15, 0.2) is 23.0 Å². The van der Waals surface area contributed by atoms with Gasteiger partial charge in [0, 0.05) is 18.7 Å². The van der Waals surface area contributed by atoms with Gasteiger partial charge in [-0.05, 0) is 31.9 Å². The van der Waals surface area contributed by atoms with Gasteiger partial charge in [-0.25, -0.2) is 0 Å². The van der Waals surface area contributed by atoms with Crippen molar-refractivity contribution in [1.82, 2.24) is 4.90 Å². The Morgan fingerprint density at radius 3 is 3.00 bits per heavy atom. The molecule has 0 bridgehead atoms. The fourth-order valence-corrected chi connectivity index (χ4v) is 3.33. The summed E-state index contributed by atoms with van der Waals surface area (Å²) < 4.78 is 5.05. The van der Waals surface area contributed by atoms with E-state index in [1.807, 2.05) is 13.1 Å². The predicted octanol–water partition coefficient (Wildman–Crippen LogP) is 2.99. The summed E-state index contributed by atoms with van der Waals surface area (Å²) in [4.78, 5) is 13.8. The largest absolute Gasteiger partial charge is 0.481 e. The lowest BCUT2D eigenvalue weighted by Gasteiger charge is -2.39. The molecule has 0 amide bonds. The third-order valence-corrected chi connectivity index (χ3v) is 4.15. The highest BCUT2D eigenvalue weighted by atomic mass is 16.4. The van der Waals surface area contributed by atoms with E-state index >= 15 is 0 Å². The number of carboxylic acids is 1. The first-order chi connectivity index (χ1) is 9.02. The second-order valence-corrected chi connectivity index (χ2v) is 6.09. The molecule has 4 nitrogen and oxygen atoms in total. The zero-order valence-corrected chi connectivity index (χ0v) is 11.8. The van der Waals surface area contributed by atoms with Crippen molar-refractivity contribution in [3.63, 3.8) is 0 Å². The Balaban J connectivity index is 2.02. The van der Waals surface area contributed by atoms with Gasteiger partial charge < -0.3 is 14.4 Å². The smallest absolute Gasteiger partial charge is 0.310 e. The summed E-state index contributed by atoms with van der Waals surface area (Å²) >= 11 is 0. The molecule has 2 atom stereocenters. The van der Waals surface area contributed by atoms with Crippen molar-refractivity contribution in [1.29, 1.82) is 0 Å². The Morgan fingerprint density at radius 2 is 2.42 bits per heavy atom. The van der Waals surface area contributed by atoms with Crippen LogP contribution < -0.4 is 0 Å². The normalized spacial score (nSPS) is 27.6. The maximum absolute atomic E-state index is 11.7. The Bertz CT molecular complexity index is 415. The molecule has 0 saturated heterocycles. The van der Waals surface area contributed by atoms with Crippen molar-refractivity contribution in [3.05, 3.63) is 24.2 Å². The van der Waals surface area contributed by atoms with Crippen LogP contribution in [0.25, 0.3) is 0 Å². The number of rotatable bonds is 5. The Kier molecular flexibility index (Phi) is 4.30. The summed E-state index contributed by atoms with van der Waals surface area (Å²) in [5.74, 6) is -0.134. The second-order valence-electron chi connectivity index (χ2n) is 6.09. The molecular formula is C15H23NO3. The highest BCUT2D eigenvalue weighted by molar-refractivity contribution is 5.75. The number of nitrogens with zero attached hydrogens (tertiary/aromatic N) is 1. The van der Waals surface area contributed by atoms with Gasteiger partial charge in [0.05, 0.1) is 17.9 Å². The van der Waals surface area contributed by atoms with Gasteiger partial charge in [0.25, 0.3) is 0 Å². The molecule has 1 N–H and O–H groups in total. The van der Waals surface area contributed by atoms with Crippen molar-refractivity contribution < 1.29 is 14.3 Å². The summed E-state index contributed by atoms with van der Waals surface area (Å²) in [5.41, 5.74) is 0.516. The number of hydrogen-bond acceptors (Lipinski definition) is 3. The molecule has 1 aliphatic carbocycles. The van der Waals surface area contributed by atoms with E-state index in [4.69, 9.17) is 4.42 Å². The molecule has 0 aliphatic heterocycles. The summed E-state index contributed by atoms with van der Waals surface area (Å²) in [6.45, 7) is 3.50. The fourth-order valence-electron chi connectivity index (χ4n) is 3.33. The zero-order chi connectivity index (χ0) is 13.9. The molecule has 4 heteroatoms. The standard InChI is InChI=1S/C15H23NO3/c1-12-4-3-6-15(8-12,14(17)18)11-16(2)9-13-5-7-19-10-13/h5,7,10,12H,3-4,6,8-9,11H2,1-2H3,(H,17,18). The van der Waals surface area contributed by atoms with Crippen LogP contribution in [0.5, 0.6) is 0 Å². The molecule has 1 aromatic rings. The molecule has 1 saturated carbocycles. The number of carboxylic acid groups (broad SMARTS) is 1. The van der Waals surface area contributed by atoms with Crippen LogP contribution >= 0.6 is 0 Å². The van der Waals surface area contributed by atoms with E-state index in [2.05, 4.69) is 11.8 Å². The monoisotopic (exact) mass is 265 g/mol. The Hall–Kier alpha value is -1.29. The minimum atomic E-state index is -0.641. The maximum Gasteiger partial charge on any atom is 0.310 e. The third kappa shape index (κ3) is 3.38. The lowest BCUT2D eigenvalue weighted by molar-refractivity contribution is -0.153. The average molecular weight is 265 g/mol. The van der Waals surface area contributed by atoms with Crippen molar-refractivity contribution >= 4 is 5.97 Å². The summed E-state index contributed by atoms with van der Waals surface area (Å²) in [7, 11) is 1.98. The van der Waals surface area contributed by atoms with Crippen molar-refractivity contribution in [2.24, 2.45) is 11.3 Å². The summed E-state index contributed by atoms with van der Waals surface area (Å²) in [6, 6.07) is 1.92. The quantitative estimate of drug-likeness (QED) is 0.889. The molecule has 106 valence electrons. The van der Waals surface area contributed by atoms with Crippen LogP contribution in [0.3, 0.4) is 0 Å². The Labute approximate surface area is 114 Å². The van der Waals surface area contributed by atoms with E-state index in [0.717, 1.165) is 37.8 Å². The van der Waals surface area contributed by atoms with E-state index in [1.54, 1.807) is 12.5 Å². The number of aliphatic carboxylic acids is 1. The first-order valence-electron chi connectivity index (χ1n) is 6.95. The van der Waals surface area contributed by atoms with Gasteiger partial charge in [0.15, 0.2) is 0 Å². The van der Waals surface area contributed by atoms with Crippen molar-refractivity contribution in [2.45, 2.75) is 39.2 Å². The summed E-state index contributed by atoms with van der Waals surface area (Å²) in [6.07, 6.45) is 7.13. The second kappa shape index (κ2) is 5.78. The third-order valence-electron chi connectivity index (χ3n) is 4.15. The first-order valence-corrected chi connectivity index (χ1v) is 6.95. The van der Waals surface area contributed by atoms with Crippen molar-refractivity contribution in [2.75, 3.05) is 13.6 Å². The molecule has 2 rings (SSSR count). The first kappa shape index (κ1) is 14.1. The molecule has 1 aliphatic rings. The van der Waals surface area contributed by atoms with Crippen LogP contribution in [-0.4, -0.2) is 29.6 Å². The van der Waals surface area contributed by atoms with Crippen LogP contribution in [-0.2, 0) is 11.3 Å². The number of carbonyl (C=O) groups is 1. The zero-order valence-electron chi connectivity index (χ0n) is 11.8. The molecule has 2 unspecified atom stereocenters. The highest BCUT2D eigenvalue weighted by Gasteiger charge is 2.42. The summed E-state index contributed by atoms with van der Waals surface area (Å²) in [5, 5.41) is 9.64. The van der Waals surface area contributed by atoms with Crippen LogP contribution in [0.2, 0.25) is 0 Å². The van der Waals surface area contributed by atoms with Gasteiger partial charge in [-0.15, -0.1) is 0 Å². The molecule has 1 heterocycles. The fraction of sp³-hybridized carbons (Fsp3) is 0.667. The molecule has 0 radical (unpaired) electrons. The van der Waals surface area contributed by atoms with Gasteiger partial charge in [-0.2, -0.15) is 0 Å². The lowest BCUT2D eigenvalue weighted by atomic mass is 9.69. The van der Waals surface area contributed by atoms with E-state index in [-0.39, 0.29) is 0 Å². The molecule has 1 fully saturated rings. The van der Waals surface area contributed by atoms with Crippen molar-refractivity contribution in [3.8, 4) is 0 Å². The number of furan rings is 1. The molecule has 0 spiro atoms. The van der Waals surface area contributed by atoms with Crippen LogP contribution in [0.4, 0.5) is 0 Å². The SMILES string of the molecule is CC1CCCC(CN(C)Cc2ccoc2)(C(=O)O)C1. The molecule has 0 aromatic carbocycles. The maximum atomic E-state index is 11.7. The predicted molar refractivity (Wildman–Crippen MR) is 72.7 cm³/mol. The van der Waals surface area contributed by atoms with E-state index in [9.17, 15) is 9.90 Å². The van der Waals surface area contributed by atoms with E-state index in [1.165, 1.54) is 0 Å². The van der Waals surface area contributed by atoms with Gasteiger partial charge in [0.1, 0.15) is 0 Å². The topological polar surface area (TPSA) is 53.7 Å². The average Bonchev–Trinajstić information content (AvgIpc) is 2.81. The van der Waals surface area contributed by atoms with Gasteiger partial charge in [-0.3, -0.25) is 4.79 Å². The number of hydrogen-bond donors (Lipinski definition) is 1. The molecular weight excluding hydrogens is 242 g/mol. The van der Waals surface area contributed by atoms with Gasteiger partial charge >= 0.3 is 5.97 Å². The van der Waals surface area contributed by atoms with E-state index in [0.29, 0.717) is 12.5 Å². The Morgan fingerprint density at radius 1 is 1.63 bits per heavy atom. The highest BCUT2D eigenvalue weighted by Crippen LogP contribution is 2.40. The minimum Gasteiger partial charge on any atom is -0.481 e. The minimum absolute atomic E-state index is 0.507. The molecule has 1 aromatic heterocycles. The van der Waals surface area contributed by atoms with Crippen LogP contribution in [0, 0.1) is 11.3 Å². The van der Waals surface area contributed by atoms with Gasteiger partial charge in [0.2, 0.25) is 0 Å². The van der Waals surface area contributed by atoms with Crippen LogP contribution in [0.1, 0.15) is 38.2 Å².